The van der Waals surface area contributed by atoms with Crippen LogP contribution in [0.25, 0.3) is 0 Å². The van der Waals surface area contributed by atoms with E-state index in [1.807, 2.05) is 0 Å². The lowest BCUT2D eigenvalue weighted by Gasteiger charge is -2.45. The molecule has 0 radical (unpaired) electrons. The van der Waals surface area contributed by atoms with Gasteiger partial charge in [0, 0.05) is 7.11 Å². The fourth-order valence-corrected chi connectivity index (χ4v) is 2.75. The van der Waals surface area contributed by atoms with Crippen molar-refractivity contribution in [1.82, 2.24) is 0 Å². The number of aliphatic hydroxyl groups excluding tert-OH is 7. The first-order chi connectivity index (χ1) is 11.3. The average molecular weight is 356 g/mol. The van der Waals surface area contributed by atoms with Crippen molar-refractivity contribution in [1.29, 1.82) is 0 Å². The van der Waals surface area contributed by atoms with Crippen LogP contribution in [0.5, 0.6) is 0 Å². The van der Waals surface area contributed by atoms with Gasteiger partial charge in [0.15, 0.2) is 12.6 Å². The minimum absolute atomic E-state index is 0.592. The van der Waals surface area contributed by atoms with Gasteiger partial charge in [0.2, 0.25) is 0 Å². The molecule has 2 saturated heterocycles. The van der Waals surface area contributed by atoms with Gasteiger partial charge < -0.3 is 54.7 Å². The summed E-state index contributed by atoms with van der Waals surface area (Å²) in [4.78, 5) is 0. The van der Waals surface area contributed by atoms with Gasteiger partial charge in [0.1, 0.15) is 48.8 Å². The van der Waals surface area contributed by atoms with E-state index in [2.05, 4.69) is 0 Å². The van der Waals surface area contributed by atoms with E-state index < -0.39 is 74.6 Å². The molecular weight excluding hydrogens is 332 g/mol. The highest BCUT2D eigenvalue weighted by Gasteiger charge is 2.50. The maximum absolute atomic E-state index is 10.2. The summed E-state index contributed by atoms with van der Waals surface area (Å²) in [6.45, 7) is -1.24. The van der Waals surface area contributed by atoms with Crippen molar-refractivity contribution in [3.05, 3.63) is 0 Å². The Balaban J connectivity index is 2.12. The molecule has 5 unspecified atom stereocenters. The summed E-state index contributed by atoms with van der Waals surface area (Å²) in [5.41, 5.74) is 0. The van der Waals surface area contributed by atoms with Gasteiger partial charge in [-0.25, -0.2) is 0 Å². The molecular formula is C13H24O11. The van der Waals surface area contributed by atoms with Gasteiger partial charge >= 0.3 is 0 Å². The van der Waals surface area contributed by atoms with Crippen molar-refractivity contribution >= 4 is 0 Å². The van der Waals surface area contributed by atoms with E-state index in [9.17, 15) is 30.6 Å². The normalized spacial score (nSPS) is 50.0. The maximum atomic E-state index is 10.2. The summed E-state index contributed by atoms with van der Waals surface area (Å²) < 4.78 is 20.6. The largest absolute Gasteiger partial charge is 0.394 e. The quantitative estimate of drug-likeness (QED) is 0.251. The first kappa shape index (κ1) is 19.9. The lowest BCUT2D eigenvalue weighted by Crippen LogP contribution is -2.64. The van der Waals surface area contributed by atoms with Crippen LogP contribution in [0, 0.1) is 0 Å². The smallest absolute Gasteiger partial charge is 0.187 e. The molecule has 142 valence electrons. The van der Waals surface area contributed by atoms with Crippen molar-refractivity contribution in [2.24, 2.45) is 0 Å². The average Bonchev–Trinajstić information content (AvgIpc) is 2.59. The molecule has 0 amide bonds. The molecule has 0 aliphatic carbocycles. The standard InChI is InChI=1S/C13H24O11/c1-21-12-10(20)8(18)11(5(3-15)23-12)24-13-9(19)7(17)6(16)4(2-14)22-13/h4-20H,2-3H2,1H3/t4?,5?,6-,7-,8+,9?,10?,11+,12?,13-/m0/s1. The monoisotopic (exact) mass is 356 g/mol. The number of ether oxygens (including phenoxy) is 4. The molecule has 0 bridgehead atoms. The van der Waals surface area contributed by atoms with Crippen LogP contribution in [0.15, 0.2) is 0 Å². The van der Waals surface area contributed by atoms with Crippen LogP contribution in [-0.2, 0) is 18.9 Å². The van der Waals surface area contributed by atoms with Crippen LogP contribution in [0.3, 0.4) is 0 Å². The van der Waals surface area contributed by atoms with E-state index in [0.717, 1.165) is 0 Å². The number of methoxy groups -OCH3 is 1. The zero-order chi connectivity index (χ0) is 18.0. The predicted molar refractivity (Wildman–Crippen MR) is 73.4 cm³/mol. The molecule has 0 spiro atoms. The summed E-state index contributed by atoms with van der Waals surface area (Å²) in [5, 5.41) is 68.0. The van der Waals surface area contributed by atoms with E-state index in [1.54, 1.807) is 0 Å². The maximum Gasteiger partial charge on any atom is 0.187 e. The highest BCUT2D eigenvalue weighted by Crippen LogP contribution is 2.29. The zero-order valence-corrected chi connectivity index (χ0v) is 13.0. The number of hydrogen-bond acceptors (Lipinski definition) is 11. The van der Waals surface area contributed by atoms with E-state index in [1.165, 1.54) is 7.11 Å². The summed E-state index contributed by atoms with van der Waals surface area (Å²) in [7, 11) is 1.24. The zero-order valence-electron chi connectivity index (χ0n) is 13.0. The molecule has 10 atom stereocenters. The topological polar surface area (TPSA) is 179 Å². The van der Waals surface area contributed by atoms with Crippen LogP contribution < -0.4 is 0 Å². The molecule has 7 N–H and O–H groups in total. The molecule has 0 saturated carbocycles. The second kappa shape index (κ2) is 8.29. The third-order valence-corrected chi connectivity index (χ3v) is 4.19. The molecule has 0 aromatic rings. The molecule has 11 heteroatoms. The van der Waals surface area contributed by atoms with Gasteiger partial charge in [-0.2, -0.15) is 0 Å². The fraction of sp³-hybridized carbons (Fsp3) is 1.00. The van der Waals surface area contributed by atoms with E-state index in [4.69, 9.17) is 24.1 Å². The molecule has 0 aromatic heterocycles. The van der Waals surface area contributed by atoms with Crippen LogP contribution in [0.2, 0.25) is 0 Å². The predicted octanol–water partition coefficient (Wildman–Crippen LogP) is -4.74. The Hall–Kier alpha value is -0.440. The van der Waals surface area contributed by atoms with Crippen molar-refractivity contribution in [2.75, 3.05) is 20.3 Å². The molecule has 2 fully saturated rings. The second-order valence-electron chi connectivity index (χ2n) is 5.74. The Morgan fingerprint density at radius 2 is 1.25 bits per heavy atom. The minimum Gasteiger partial charge on any atom is -0.394 e. The molecule has 2 rings (SSSR count). The van der Waals surface area contributed by atoms with Crippen LogP contribution >= 0.6 is 0 Å². The lowest BCUT2D eigenvalue weighted by molar-refractivity contribution is -0.357. The van der Waals surface area contributed by atoms with Gasteiger partial charge in [0.25, 0.3) is 0 Å². The van der Waals surface area contributed by atoms with E-state index >= 15 is 0 Å². The Morgan fingerprint density at radius 1 is 0.708 bits per heavy atom. The van der Waals surface area contributed by atoms with Crippen LogP contribution in [-0.4, -0.2) is 117 Å². The highest BCUT2D eigenvalue weighted by atomic mass is 16.7. The molecule has 2 heterocycles. The molecule has 0 aromatic carbocycles. The molecule has 24 heavy (non-hydrogen) atoms. The van der Waals surface area contributed by atoms with Gasteiger partial charge in [-0.15, -0.1) is 0 Å². The van der Waals surface area contributed by atoms with Crippen molar-refractivity contribution in [2.45, 2.75) is 61.4 Å². The Kier molecular flexibility index (Phi) is 6.87. The van der Waals surface area contributed by atoms with Gasteiger partial charge in [-0.05, 0) is 0 Å². The minimum atomic E-state index is -1.69. The van der Waals surface area contributed by atoms with E-state index in [0.29, 0.717) is 0 Å². The number of hydrogen-bond donors (Lipinski definition) is 7. The number of rotatable bonds is 5. The van der Waals surface area contributed by atoms with Crippen molar-refractivity contribution in [3.8, 4) is 0 Å². The Labute approximate surface area is 137 Å². The van der Waals surface area contributed by atoms with Gasteiger partial charge in [-0.3, -0.25) is 0 Å². The van der Waals surface area contributed by atoms with Crippen molar-refractivity contribution < 1.29 is 54.7 Å². The molecule has 2 aliphatic heterocycles. The van der Waals surface area contributed by atoms with Gasteiger partial charge in [-0.1, -0.05) is 0 Å². The third kappa shape index (κ3) is 3.71. The first-order valence-electron chi connectivity index (χ1n) is 7.46. The molecule has 2 aliphatic rings. The second-order valence-corrected chi connectivity index (χ2v) is 5.74. The van der Waals surface area contributed by atoms with Crippen LogP contribution in [0.4, 0.5) is 0 Å². The van der Waals surface area contributed by atoms with Gasteiger partial charge in [0.05, 0.1) is 13.2 Å². The number of aliphatic hydroxyl groups is 7. The van der Waals surface area contributed by atoms with Crippen LogP contribution in [0.1, 0.15) is 0 Å². The summed E-state index contributed by atoms with van der Waals surface area (Å²) in [6, 6.07) is 0. The fourth-order valence-electron chi connectivity index (χ4n) is 2.75. The first-order valence-corrected chi connectivity index (χ1v) is 7.46. The lowest BCUT2D eigenvalue weighted by atomic mass is 9.97. The Bertz CT molecular complexity index is 392. The SMILES string of the molecule is COC1OC(CO)[C@@H](O[C@@H]2OC(CO)[C@H](O)[C@H](O)C2O)[C@H](O)C1O. The summed E-state index contributed by atoms with van der Waals surface area (Å²) in [6.07, 6.45) is -14.3. The summed E-state index contributed by atoms with van der Waals surface area (Å²) >= 11 is 0. The highest BCUT2D eigenvalue weighted by molar-refractivity contribution is 4.93. The summed E-state index contributed by atoms with van der Waals surface area (Å²) in [5.74, 6) is 0. The third-order valence-electron chi connectivity index (χ3n) is 4.19. The molecule has 11 nitrogen and oxygen atoms in total. The van der Waals surface area contributed by atoms with Crippen molar-refractivity contribution in [3.63, 3.8) is 0 Å². The Morgan fingerprint density at radius 3 is 1.79 bits per heavy atom. The van der Waals surface area contributed by atoms with E-state index in [-0.39, 0.29) is 0 Å².